The highest BCUT2D eigenvalue weighted by atomic mass is 16.6. The van der Waals surface area contributed by atoms with Gasteiger partial charge in [0.2, 0.25) is 0 Å². The van der Waals surface area contributed by atoms with Gasteiger partial charge in [-0.3, -0.25) is 0 Å². The van der Waals surface area contributed by atoms with Crippen molar-refractivity contribution in [2.24, 2.45) is 0 Å². The van der Waals surface area contributed by atoms with Crippen LogP contribution in [0.1, 0.15) is 5.56 Å². The van der Waals surface area contributed by atoms with Gasteiger partial charge in [0, 0.05) is 6.54 Å². The molecule has 0 aromatic heterocycles. The van der Waals surface area contributed by atoms with E-state index in [1.807, 2.05) is 30.3 Å². The Morgan fingerprint density at radius 2 is 1.35 bits per heavy atom. The maximum Gasteiger partial charge on any atom is 0.407 e. The van der Waals surface area contributed by atoms with E-state index in [1.54, 1.807) is 0 Å². The van der Waals surface area contributed by atoms with Gasteiger partial charge < -0.3 is 34.1 Å². The molecule has 0 saturated carbocycles. The van der Waals surface area contributed by atoms with Crippen molar-refractivity contribution in [3.05, 3.63) is 35.9 Å². The van der Waals surface area contributed by atoms with Gasteiger partial charge in [-0.1, -0.05) is 30.3 Å². The fourth-order valence-corrected chi connectivity index (χ4v) is 1.83. The third-order valence-electron chi connectivity index (χ3n) is 3.08. The molecule has 1 rings (SSSR count). The number of carbonyl (C=O) groups is 1. The summed E-state index contributed by atoms with van der Waals surface area (Å²) in [6, 6.07) is 9.49. The van der Waals surface area contributed by atoms with Crippen molar-refractivity contribution in [3.8, 4) is 0 Å². The van der Waals surface area contributed by atoms with Crippen molar-refractivity contribution < 1.29 is 33.6 Å². The van der Waals surface area contributed by atoms with Crippen molar-refractivity contribution in [2.45, 2.75) is 6.61 Å². The second-order valence-corrected chi connectivity index (χ2v) is 5.16. The van der Waals surface area contributed by atoms with E-state index in [4.69, 9.17) is 28.8 Å². The SMILES string of the molecule is O=C(NCCOCCOCCOCCOCCO)OCc1ccccc1. The van der Waals surface area contributed by atoms with Gasteiger partial charge >= 0.3 is 6.09 Å². The predicted molar refractivity (Wildman–Crippen MR) is 95.0 cm³/mol. The monoisotopic (exact) mass is 371 g/mol. The Morgan fingerprint density at radius 3 is 1.92 bits per heavy atom. The smallest absolute Gasteiger partial charge is 0.407 e. The van der Waals surface area contributed by atoms with Crippen molar-refractivity contribution >= 4 is 6.09 Å². The number of ether oxygens (including phenoxy) is 5. The van der Waals surface area contributed by atoms with Crippen LogP contribution in [0.5, 0.6) is 0 Å². The van der Waals surface area contributed by atoms with Crippen molar-refractivity contribution in [1.29, 1.82) is 0 Å². The van der Waals surface area contributed by atoms with Crippen LogP contribution in [0.3, 0.4) is 0 Å². The first-order valence-electron chi connectivity index (χ1n) is 8.69. The van der Waals surface area contributed by atoms with Crippen LogP contribution < -0.4 is 5.32 Å². The van der Waals surface area contributed by atoms with Crippen LogP contribution in [-0.4, -0.2) is 77.2 Å². The minimum atomic E-state index is -0.464. The highest BCUT2D eigenvalue weighted by molar-refractivity contribution is 5.67. The first kappa shape index (κ1) is 22.3. The minimum Gasteiger partial charge on any atom is -0.445 e. The number of rotatable bonds is 16. The summed E-state index contributed by atoms with van der Waals surface area (Å²) in [7, 11) is 0. The van der Waals surface area contributed by atoms with E-state index >= 15 is 0 Å². The number of hydrogen-bond donors (Lipinski definition) is 2. The Kier molecular flexibility index (Phi) is 14.4. The lowest BCUT2D eigenvalue weighted by molar-refractivity contribution is -0.00521. The molecule has 26 heavy (non-hydrogen) atoms. The molecule has 0 aliphatic rings. The molecule has 0 heterocycles. The summed E-state index contributed by atoms with van der Waals surface area (Å²) >= 11 is 0. The molecule has 148 valence electrons. The molecule has 0 aliphatic carbocycles. The highest BCUT2D eigenvalue weighted by Gasteiger charge is 2.01. The maximum absolute atomic E-state index is 11.5. The molecular weight excluding hydrogens is 342 g/mol. The number of nitrogens with one attached hydrogen (secondary N) is 1. The molecule has 1 aromatic rings. The van der Waals surface area contributed by atoms with Gasteiger partial charge in [0.05, 0.1) is 59.5 Å². The lowest BCUT2D eigenvalue weighted by atomic mass is 10.2. The van der Waals surface area contributed by atoms with E-state index in [2.05, 4.69) is 5.32 Å². The first-order valence-corrected chi connectivity index (χ1v) is 8.69. The Morgan fingerprint density at radius 1 is 0.808 bits per heavy atom. The van der Waals surface area contributed by atoms with E-state index in [-0.39, 0.29) is 13.2 Å². The quantitative estimate of drug-likeness (QED) is 0.418. The summed E-state index contributed by atoms with van der Waals surface area (Å²) in [5.41, 5.74) is 0.942. The summed E-state index contributed by atoms with van der Waals surface area (Å²) in [5.74, 6) is 0. The molecule has 8 nitrogen and oxygen atoms in total. The van der Waals surface area contributed by atoms with Gasteiger partial charge in [0.1, 0.15) is 6.61 Å². The summed E-state index contributed by atoms with van der Waals surface area (Å²) in [6.07, 6.45) is -0.464. The molecule has 0 aliphatic heterocycles. The average molecular weight is 371 g/mol. The third kappa shape index (κ3) is 13.6. The largest absolute Gasteiger partial charge is 0.445 e. The molecule has 0 saturated heterocycles. The number of amides is 1. The number of benzene rings is 1. The van der Waals surface area contributed by atoms with Gasteiger partial charge in [-0.05, 0) is 5.56 Å². The molecule has 0 spiro atoms. The van der Waals surface area contributed by atoms with E-state index < -0.39 is 6.09 Å². The van der Waals surface area contributed by atoms with Crippen LogP contribution in [0.4, 0.5) is 4.79 Å². The molecule has 1 amide bonds. The fraction of sp³-hybridized carbons (Fsp3) is 0.611. The van der Waals surface area contributed by atoms with Crippen molar-refractivity contribution in [3.63, 3.8) is 0 Å². The number of carbonyl (C=O) groups excluding carboxylic acids is 1. The maximum atomic E-state index is 11.5. The summed E-state index contributed by atoms with van der Waals surface area (Å²) < 4.78 is 26.1. The second kappa shape index (κ2) is 16.7. The average Bonchev–Trinajstić information content (AvgIpc) is 2.67. The number of aliphatic hydroxyl groups is 1. The zero-order chi connectivity index (χ0) is 18.7. The van der Waals surface area contributed by atoms with Gasteiger partial charge in [0.15, 0.2) is 0 Å². The zero-order valence-electron chi connectivity index (χ0n) is 15.1. The van der Waals surface area contributed by atoms with Gasteiger partial charge in [-0.15, -0.1) is 0 Å². The summed E-state index contributed by atoms with van der Waals surface area (Å²) in [4.78, 5) is 11.5. The number of hydrogen-bond acceptors (Lipinski definition) is 7. The van der Waals surface area contributed by atoms with Crippen molar-refractivity contribution in [2.75, 3.05) is 66.0 Å². The predicted octanol–water partition coefficient (Wildman–Crippen LogP) is 0.972. The fourth-order valence-electron chi connectivity index (χ4n) is 1.83. The second-order valence-electron chi connectivity index (χ2n) is 5.16. The van der Waals surface area contributed by atoms with Gasteiger partial charge in [-0.2, -0.15) is 0 Å². The Hall–Kier alpha value is -1.71. The van der Waals surface area contributed by atoms with Crippen LogP contribution in [0.25, 0.3) is 0 Å². The standard InChI is InChI=1S/C18H29NO7/c20-7-9-23-11-13-25-15-14-24-12-10-22-8-6-19-18(21)26-16-17-4-2-1-3-5-17/h1-5,20H,6-16H2,(H,19,21). The van der Waals surface area contributed by atoms with E-state index in [0.717, 1.165) is 5.56 Å². The Bertz CT molecular complexity index is 444. The van der Waals surface area contributed by atoms with Crippen LogP contribution in [-0.2, 0) is 30.3 Å². The van der Waals surface area contributed by atoms with Crippen LogP contribution in [0, 0.1) is 0 Å². The number of aliphatic hydroxyl groups excluding tert-OH is 1. The summed E-state index contributed by atoms with van der Waals surface area (Å²) in [6.45, 7) is 4.18. The number of alkyl carbamates (subject to hydrolysis) is 1. The van der Waals surface area contributed by atoms with Crippen LogP contribution in [0.15, 0.2) is 30.3 Å². The van der Waals surface area contributed by atoms with Crippen LogP contribution in [0.2, 0.25) is 0 Å². The molecule has 0 unspecified atom stereocenters. The molecule has 0 fully saturated rings. The molecule has 0 radical (unpaired) electrons. The molecular formula is C18H29NO7. The normalized spacial score (nSPS) is 10.7. The molecule has 8 heteroatoms. The Balaban J connectivity index is 1.78. The highest BCUT2D eigenvalue weighted by Crippen LogP contribution is 2.00. The Labute approximate surface area is 154 Å². The third-order valence-corrected chi connectivity index (χ3v) is 3.08. The lowest BCUT2D eigenvalue weighted by Crippen LogP contribution is -2.28. The molecule has 2 N–H and O–H groups in total. The van der Waals surface area contributed by atoms with E-state index in [1.165, 1.54) is 0 Å². The zero-order valence-corrected chi connectivity index (χ0v) is 15.1. The van der Waals surface area contributed by atoms with Gasteiger partial charge in [0.25, 0.3) is 0 Å². The molecule has 0 bridgehead atoms. The molecule has 0 atom stereocenters. The first-order chi connectivity index (χ1) is 12.8. The van der Waals surface area contributed by atoms with E-state index in [0.29, 0.717) is 59.4 Å². The van der Waals surface area contributed by atoms with E-state index in [9.17, 15) is 4.79 Å². The summed E-state index contributed by atoms with van der Waals surface area (Å²) in [5, 5.41) is 11.1. The van der Waals surface area contributed by atoms with Gasteiger partial charge in [-0.25, -0.2) is 4.79 Å². The van der Waals surface area contributed by atoms with Crippen LogP contribution >= 0.6 is 0 Å². The lowest BCUT2D eigenvalue weighted by Gasteiger charge is -2.08. The minimum absolute atomic E-state index is 0.0213. The van der Waals surface area contributed by atoms with Crippen molar-refractivity contribution in [1.82, 2.24) is 5.32 Å². The molecule has 1 aromatic carbocycles. The topological polar surface area (TPSA) is 95.5 Å².